The van der Waals surface area contributed by atoms with E-state index in [1.807, 2.05) is 30.3 Å². The van der Waals surface area contributed by atoms with Crippen molar-refractivity contribution in [2.24, 2.45) is 0 Å². The molecule has 1 fully saturated rings. The average molecular weight is 440 g/mol. The van der Waals surface area contributed by atoms with Crippen LogP contribution < -0.4 is 10.7 Å². The average Bonchev–Trinajstić information content (AvgIpc) is 3.25. The first-order valence-electron chi connectivity index (χ1n) is 10.3. The Morgan fingerprint density at radius 3 is 2.39 bits per heavy atom. The Hall–Kier alpha value is -2.93. The number of hydrogen-bond donors (Lipinski definition) is 1. The number of rotatable bonds is 5. The third-order valence-corrected chi connectivity index (χ3v) is 8.42. The molecule has 1 saturated carbocycles. The molecular formula is C24H25NO5S. The molecule has 1 aliphatic carbocycles. The zero-order valence-corrected chi connectivity index (χ0v) is 18.4. The number of sulfone groups is 1. The largest absolute Gasteiger partial charge is 0.455 e. The molecule has 162 valence electrons. The quantitative estimate of drug-likeness (QED) is 0.652. The van der Waals surface area contributed by atoms with Gasteiger partial charge >= 0.3 is 0 Å². The van der Waals surface area contributed by atoms with Crippen molar-refractivity contribution in [3.63, 3.8) is 0 Å². The molecule has 1 amide bonds. The molecule has 0 radical (unpaired) electrons. The monoisotopic (exact) mass is 439 g/mol. The zero-order chi connectivity index (χ0) is 22.2. The third-order valence-electron chi connectivity index (χ3n) is 6.30. The van der Waals surface area contributed by atoms with Gasteiger partial charge in [-0.3, -0.25) is 9.59 Å². The summed E-state index contributed by atoms with van der Waals surface area (Å²) in [6, 6.07) is 14.1. The zero-order valence-electron chi connectivity index (χ0n) is 17.6. The normalized spacial score (nSPS) is 15.8. The second-order valence-corrected chi connectivity index (χ2v) is 10.7. The number of carbonyl (C=O) groups excluding carboxylic acids is 1. The Kier molecular flexibility index (Phi) is 5.47. The van der Waals surface area contributed by atoms with Crippen molar-refractivity contribution in [2.45, 2.75) is 37.4 Å². The summed E-state index contributed by atoms with van der Waals surface area (Å²) in [5.74, 6) is -0.0340. The van der Waals surface area contributed by atoms with Crippen LogP contribution in [0.25, 0.3) is 22.3 Å². The first kappa shape index (κ1) is 21.3. The molecule has 7 heteroatoms. The highest BCUT2D eigenvalue weighted by atomic mass is 32.2. The van der Waals surface area contributed by atoms with E-state index >= 15 is 0 Å². The summed E-state index contributed by atoms with van der Waals surface area (Å²) in [5, 5.41) is 3.12. The van der Waals surface area contributed by atoms with Crippen LogP contribution in [0.3, 0.4) is 0 Å². The van der Waals surface area contributed by atoms with Crippen molar-refractivity contribution in [1.29, 1.82) is 0 Å². The van der Waals surface area contributed by atoms with Gasteiger partial charge in [-0.15, -0.1) is 0 Å². The molecule has 0 aliphatic heterocycles. The maximum absolute atomic E-state index is 13.1. The highest BCUT2D eigenvalue weighted by molar-refractivity contribution is 7.92. The van der Waals surface area contributed by atoms with Crippen molar-refractivity contribution >= 4 is 26.7 Å². The number of amides is 1. The van der Waals surface area contributed by atoms with E-state index < -0.39 is 20.5 Å². The third kappa shape index (κ3) is 3.78. The summed E-state index contributed by atoms with van der Waals surface area (Å²) in [7, 11) is -3.33. The lowest BCUT2D eigenvalue weighted by Gasteiger charge is -2.27. The van der Waals surface area contributed by atoms with Gasteiger partial charge in [0.2, 0.25) is 0 Å². The lowest BCUT2D eigenvalue weighted by atomic mass is 10.0. The first-order valence-corrected chi connectivity index (χ1v) is 12.2. The van der Waals surface area contributed by atoms with Gasteiger partial charge in [0, 0.05) is 23.9 Å². The van der Waals surface area contributed by atoms with Crippen LogP contribution in [-0.2, 0) is 9.84 Å². The predicted octanol–water partition coefficient (Wildman–Crippen LogP) is 3.86. The summed E-state index contributed by atoms with van der Waals surface area (Å²) in [6.45, 7) is 1.75. The van der Waals surface area contributed by atoms with Crippen LogP contribution >= 0.6 is 0 Å². The molecule has 0 unspecified atom stereocenters. The standard InChI is InChI=1S/C24H25NO5S/c1-16-20(26)18-11-8-12-19(22(18)30-21(16)17-9-4-3-5-10-17)23(27)25-15-24(31(2,28)29)13-6-7-14-24/h3-5,8-12H,6-7,13-15H2,1-2H3,(H,25,27). The molecule has 31 heavy (non-hydrogen) atoms. The van der Waals surface area contributed by atoms with E-state index in [4.69, 9.17) is 4.42 Å². The van der Waals surface area contributed by atoms with Crippen LogP contribution in [0.15, 0.2) is 57.7 Å². The molecule has 4 rings (SSSR count). The minimum atomic E-state index is -3.33. The van der Waals surface area contributed by atoms with Crippen LogP contribution in [0, 0.1) is 6.92 Å². The van der Waals surface area contributed by atoms with Gasteiger partial charge in [0.05, 0.1) is 15.7 Å². The van der Waals surface area contributed by atoms with E-state index in [-0.39, 0.29) is 23.1 Å². The molecule has 1 N–H and O–H groups in total. The summed E-state index contributed by atoms with van der Waals surface area (Å²) in [5.41, 5.74) is 1.44. The maximum Gasteiger partial charge on any atom is 0.255 e. The summed E-state index contributed by atoms with van der Waals surface area (Å²) in [4.78, 5) is 26.0. The number of hydrogen-bond acceptors (Lipinski definition) is 5. The van der Waals surface area contributed by atoms with Gasteiger partial charge in [-0.25, -0.2) is 8.42 Å². The molecule has 1 aromatic heterocycles. The molecule has 3 aromatic rings. The predicted molar refractivity (Wildman–Crippen MR) is 121 cm³/mol. The molecule has 0 saturated heterocycles. The Balaban J connectivity index is 1.75. The van der Waals surface area contributed by atoms with Crippen LogP contribution in [0.5, 0.6) is 0 Å². The molecule has 2 aromatic carbocycles. The SMILES string of the molecule is Cc1c(-c2ccccc2)oc2c(C(=O)NCC3(S(C)(=O)=O)CCCC3)cccc2c1=O. The van der Waals surface area contributed by atoms with Gasteiger partial charge < -0.3 is 9.73 Å². The second kappa shape index (κ2) is 7.96. The van der Waals surface area contributed by atoms with E-state index in [9.17, 15) is 18.0 Å². The number of nitrogens with one attached hydrogen (secondary N) is 1. The molecular weight excluding hydrogens is 414 g/mol. The topological polar surface area (TPSA) is 93.4 Å². The molecule has 0 spiro atoms. The lowest BCUT2D eigenvalue weighted by Crippen LogP contribution is -2.46. The highest BCUT2D eigenvalue weighted by Crippen LogP contribution is 2.36. The number of benzene rings is 2. The van der Waals surface area contributed by atoms with E-state index in [1.165, 1.54) is 6.26 Å². The van der Waals surface area contributed by atoms with Gasteiger partial charge in [0.25, 0.3) is 5.91 Å². The van der Waals surface area contributed by atoms with Gasteiger partial charge in [-0.1, -0.05) is 49.2 Å². The molecule has 1 aliphatic rings. The number of para-hydroxylation sites is 1. The van der Waals surface area contributed by atoms with E-state index in [0.717, 1.165) is 18.4 Å². The summed E-state index contributed by atoms with van der Waals surface area (Å²) < 4.78 is 29.9. The van der Waals surface area contributed by atoms with Gasteiger partial charge in [0.15, 0.2) is 20.8 Å². The van der Waals surface area contributed by atoms with Crippen molar-refractivity contribution in [1.82, 2.24) is 5.32 Å². The van der Waals surface area contributed by atoms with Crippen LogP contribution in [0.4, 0.5) is 0 Å². The fourth-order valence-corrected chi connectivity index (χ4v) is 5.75. The van der Waals surface area contributed by atoms with Crippen LogP contribution in [0.1, 0.15) is 41.6 Å². The number of carbonyl (C=O) groups is 1. The smallest absolute Gasteiger partial charge is 0.255 e. The Morgan fingerprint density at radius 1 is 1.06 bits per heavy atom. The van der Waals surface area contributed by atoms with Crippen LogP contribution in [-0.4, -0.2) is 31.9 Å². The fourth-order valence-electron chi connectivity index (χ4n) is 4.39. The molecule has 6 nitrogen and oxygen atoms in total. The second-order valence-electron chi connectivity index (χ2n) is 8.28. The Labute approximate surface area is 181 Å². The van der Waals surface area contributed by atoms with E-state index in [0.29, 0.717) is 29.6 Å². The van der Waals surface area contributed by atoms with Crippen molar-refractivity contribution in [3.05, 3.63) is 69.9 Å². The number of fused-ring (bicyclic) bond motifs is 1. The van der Waals surface area contributed by atoms with E-state index in [2.05, 4.69) is 5.32 Å². The molecule has 0 bridgehead atoms. The van der Waals surface area contributed by atoms with Gasteiger partial charge in [0.1, 0.15) is 5.76 Å². The summed E-state index contributed by atoms with van der Waals surface area (Å²) >= 11 is 0. The first-order chi connectivity index (χ1) is 14.7. The summed E-state index contributed by atoms with van der Waals surface area (Å²) in [6.07, 6.45) is 3.95. The minimum absolute atomic E-state index is 0.0443. The Morgan fingerprint density at radius 2 is 1.74 bits per heavy atom. The fraction of sp³-hybridized carbons (Fsp3) is 0.333. The highest BCUT2D eigenvalue weighted by Gasteiger charge is 2.43. The lowest BCUT2D eigenvalue weighted by molar-refractivity contribution is 0.0950. The minimum Gasteiger partial charge on any atom is -0.455 e. The Bertz CT molecular complexity index is 1300. The van der Waals surface area contributed by atoms with Crippen molar-refractivity contribution < 1.29 is 17.6 Å². The van der Waals surface area contributed by atoms with Crippen molar-refractivity contribution in [2.75, 3.05) is 12.8 Å². The molecule has 0 atom stereocenters. The van der Waals surface area contributed by atoms with Crippen LogP contribution in [0.2, 0.25) is 0 Å². The van der Waals surface area contributed by atoms with Gasteiger partial charge in [-0.2, -0.15) is 0 Å². The van der Waals surface area contributed by atoms with E-state index in [1.54, 1.807) is 25.1 Å². The van der Waals surface area contributed by atoms with Crippen molar-refractivity contribution in [3.8, 4) is 11.3 Å². The maximum atomic E-state index is 13.1. The molecule has 1 heterocycles. The van der Waals surface area contributed by atoms with Gasteiger partial charge in [-0.05, 0) is 31.9 Å².